The van der Waals surface area contributed by atoms with Crippen molar-refractivity contribution in [2.75, 3.05) is 26.9 Å². The fourth-order valence-corrected chi connectivity index (χ4v) is 15.5. The highest BCUT2D eigenvalue weighted by molar-refractivity contribution is 5.99. The van der Waals surface area contributed by atoms with Gasteiger partial charge in [0.1, 0.15) is 90.7 Å². The molecule has 0 aromatic rings. The van der Waals surface area contributed by atoms with Crippen LogP contribution in [0.1, 0.15) is 107 Å². The molecule has 9 rings (SSSR count). The zero-order chi connectivity index (χ0) is 53.8. The summed E-state index contributed by atoms with van der Waals surface area (Å²) < 4.78 is 59.5. The molecule has 5 saturated heterocycles. The molecular weight excluding hydrogens is 973 g/mol. The zero-order valence-electron chi connectivity index (χ0n) is 44.1. The summed E-state index contributed by atoms with van der Waals surface area (Å²) in [5.41, 5.74) is -0.713. The number of Topliss-reactive ketones (excluding diaryl/α,β-unsaturated/α-hetero) is 1. The Kier molecular flexibility index (Phi) is 16.0. The Morgan fingerprint density at radius 1 is 0.730 bits per heavy atom. The maximum atomic E-state index is 14.3. The van der Waals surface area contributed by atoms with Crippen LogP contribution in [0.3, 0.4) is 0 Å². The molecule has 8 fully saturated rings. The number of ketones is 1. The number of hydrogen-bond donors (Lipinski definition) is 9. The molecule has 21 nitrogen and oxygen atoms in total. The fraction of sp³-hybridized carbons (Fsp3) is 0.887. The lowest BCUT2D eigenvalue weighted by atomic mass is 9.41. The van der Waals surface area contributed by atoms with E-state index < -0.39 is 158 Å². The summed E-state index contributed by atoms with van der Waals surface area (Å²) in [7, 11) is 1.23. The van der Waals surface area contributed by atoms with Gasteiger partial charge in [0.15, 0.2) is 25.2 Å². The van der Waals surface area contributed by atoms with Crippen molar-refractivity contribution in [3.8, 4) is 0 Å². The number of hydrogen-bond acceptors (Lipinski definition) is 21. The van der Waals surface area contributed by atoms with Gasteiger partial charge < -0.3 is 93.3 Å². The first-order valence-electron chi connectivity index (χ1n) is 26.6. The summed E-state index contributed by atoms with van der Waals surface area (Å²) in [5, 5.41) is 98.5. The van der Waals surface area contributed by atoms with Gasteiger partial charge in [0.05, 0.1) is 43.4 Å². The molecule has 0 aromatic carbocycles. The lowest BCUT2D eigenvalue weighted by Crippen LogP contribution is -2.65. The Morgan fingerprint density at radius 3 is 2.07 bits per heavy atom. The number of aliphatic hydroxyl groups is 9. The molecule has 74 heavy (non-hydrogen) atoms. The maximum Gasteiger partial charge on any atom is 0.314 e. The number of methoxy groups -OCH3 is 1. The molecule has 21 heteroatoms. The second kappa shape index (κ2) is 20.8. The van der Waals surface area contributed by atoms with E-state index >= 15 is 0 Å². The standard InChI is InChI=1S/C53H82O21/c1-23(2)11-10-16-52(8)43-27(55)19-51(7)26-12-13-31-49(4,5)32(15-17-50(31,6)25(26)14-18-53(43,51)48(64)74-52)70-47-42(33(58)28(56)21-67-47)73-45-36(61)35(60)39(24(3)68-45)71-44-37(62)40(29(57)22-66-44)72-46-38(63)41(65-9)34(59)30(20-54)69-46/h11,14,24,26,28-47,54,56-63H,10,12-13,15-22H2,1-9H3. The number of carbonyl (C=O) groups is 2. The molecule has 0 amide bonds. The number of ether oxygens (including phenoxy) is 10. The number of esters is 1. The lowest BCUT2D eigenvalue weighted by Gasteiger charge is -2.63. The third-order valence-corrected chi connectivity index (χ3v) is 19.4. The topological polar surface area (TPSA) is 309 Å². The number of fused-ring (bicyclic) bond motifs is 4. The van der Waals surface area contributed by atoms with Gasteiger partial charge in [-0.1, -0.05) is 51.0 Å². The highest BCUT2D eigenvalue weighted by atomic mass is 16.8. The maximum absolute atomic E-state index is 14.3. The van der Waals surface area contributed by atoms with Gasteiger partial charge in [-0.2, -0.15) is 0 Å². The van der Waals surface area contributed by atoms with Crippen LogP contribution < -0.4 is 0 Å². The second-order valence-corrected chi connectivity index (χ2v) is 24.4. The molecule has 9 aliphatic rings. The highest BCUT2D eigenvalue weighted by Gasteiger charge is 2.79. The monoisotopic (exact) mass is 1050 g/mol. The van der Waals surface area contributed by atoms with Crippen molar-refractivity contribution in [2.24, 2.45) is 39.4 Å². The van der Waals surface area contributed by atoms with E-state index in [1.165, 1.54) is 25.2 Å². The van der Waals surface area contributed by atoms with Crippen LogP contribution in [-0.4, -0.2) is 207 Å². The zero-order valence-corrected chi connectivity index (χ0v) is 44.1. The first-order valence-corrected chi connectivity index (χ1v) is 26.6. The van der Waals surface area contributed by atoms with E-state index in [-0.39, 0.29) is 35.6 Å². The summed E-state index contributed by atoms with van der Waals surface area (Å²) >= 11 is 0. The molecule has 0 aromatic heterocycles. The van der Waals surface area contributed by atoms with Gasteiger partial charge in [-0.15, -0.1) is 0 Å². The fourth-order valence-electron chi connectivity index (χ4n) is 15.5. The number of cyclic esters (lactones) is 1. The molecule has 5 heterocycles. The van der Waals surface area contributed by atoms with E-state index in [2.05, 4.69) is 39.8 Å². The quantitative estimate of drug-likeness (QED) is 0.0686. The van der Waals surface area contributed by atoms with Gasteiger partial charge in [0.2, 0.25) is 0 Å². The van der Waals surface area contributed by atoms with E-state index in [0.717, 1.165) is 25.7 Å². The van der Waals surface area contributed by atoms with Crippen LogP contribution in [0.5, 0.6) is 0 Å². The normalized spacial score (nSPS) is 52.0. The number of allylic oxidation sites excluding steroid dienone is 4. The number of aliphatic hydroxyl groups excluding tert-OH is 9. The van der Waals surface area contributed by atoms with Crippen molar-refractivity contribution in [3.63, 3.8) is 0 Å². The Labute approximate surface area is 432 Å². The van der Waals surface area contributed by atoms with Crippen molar-refractivity contribution in [3.05, 3.63) is 23.3 Å². The second-order valence-electron chi connectivity index (χ2n) is 24.4. The van der Waals surface area contributed by atoms with Crippen LogP contribution in [0.2, 0.25) is 0 Å². The molecule has 3 saturated carbocycles. The summed E-state index contributed by atoms with van der Waals surface area (Å²) in [4.78, 5) is 28.6. The molecule has 1 spiro atoms. The summed E-state index contributed by atoms with van der Waals surface area (Å²) in [5.74, 6) is -0.538. The number of carbonyl (C=O) groups excluding carboxylic acids is 2. The molecule has 9 N–H and O–H groups in total. The van der Waals surface area contributed by atoms with Crippen molar-refractivity contribution >= 4 is 11.8 Å². The SMILES string of the molecule is COC1C(O)C(CO)OC(OC2C(O)COC(OC3C(C)OC(OC4C(OC5CCC6(C)C7=CCC89C(=O)OC(C)(CCC=C(C)C)C8C(=O)CC9(C)C7CCC6C5(C)C)OCC(O)C4O)C(O)C3O)C2O)C1O. The summed E-state index contributed by atoms with van der Waals surface area (Å²) in [6.07, 6.45) is -17.8. The van der Waals surface area contributed by atoms with Gasteiger partial charge >= 0.3 is 5.97 Å². The van der Waals surface area contributed by atoms with Crippen molar-refractivity contribution in [1.82, 2.24) is 0 Å². The third-order valence-electron chi connectivity index (χ3n) is 19.4. The first kappa shape index (κ1) is 56.6. The molecule has 0 bridgehead atoms. The average Bonchev–Trinajstić information content (AvgIpc) is 3.74. The Morgan fingerprint density at radius 2 is 1.38 bits per heavy atom. The van der Waals surface area contributed by atoms with Gasteiger partial charge in [-0.3, -0.25) is 9.59 Å². The van der Waals surface area contributed by atoms with E-state index in [0.29, 0.717) is 25.7 Å². The van der Waals surface area contributed by atoms with Gasteiger partial charge in [0, 0.05) is 13.5 Å². The molecule has 4 aliphatic carbocycles. The molecule has 26 atom stereocenters. The van der Waals surface area contributed by atoms with Crippen LogP contribution in [-0.2, 0) is 57.0 Å². The van der Waals surface area contributed by atoms with E-state index in [9.17, 15) is 55.5 Å². The minimum Gasteiger partial charge on any atom is -0.458 e. The number of rotatable bonds is 13. The third kappa shape index (κ3) is 9.11. The van der Waals surface area contributed by atoms with E-state index in [4.69, 9.17) is 47.4 Å². The minimum absolute atomic E-state index is 0.00570. The van der Waals surface area contributed by atoms with Crippen molar-refractivity contribution in [2.45, 2.75) is 229 Å². The van der Waals surface area contributed by atoms with Crippen molar-refractivity contribution < 1.29 is 103 Å². The molecule has 0 radical (unpaired) electrons. The lowest BCUT2D eigenvalue weighted by molar-refractivity contribution is -0.382. The largest absolute Gasteiger partial charge is 0.458 e. The Balaban J connectivity index is 0.861. The minimum atomic E-state index is -1.83. The molecule has 420 valence electrons. The molecular formula is C53H82O21. The van der Waals surface area contributed by atoms with E-state index in [1.54, 1.807) is 0 Å². The van der Waals surface area contributed by atoms with Gasteiger partial charge in [-0.05, 0) is 101 Å². The van der Waals surface area contributed by atoms with E-state index in [1.807, 2.05) is 20.8 Å². The summed E-state index contributed by atoms with van der Waals surface area (Å²) in [6.45, 7) is 14.9. The van der Waals surface area contributed by atoms with Gasteiger partial charge in [0.25, 0.3) is 0 Å². The van der Waals surface area contributed by atoms with Crippen LogP contribution in [0.25, 0.3) is 0 Å². The van der Waals surface area contributed by atoms with Crippen LogP contribution >= 0.6 is 0 Å². The Bertz CT molecular complexity index is 2120. The van der Waals surface area contributed by atoms with Crippen molar-refractivity contribution in [1.29, 1.82) is 0 Å². The predicted octanol–water partition coefficient (Wildman–Crippen LogP) is 0.430. The van der Waals surface area contributed by atoms with Gasteiger partial charge in [-0.25, -0.2) is 0 Å². The molecule has 5 aliphatic heterocycles. The van der Waals surface area contributed by atoms with Crippen LogP contribution in [0, 0.1) is 39.4 Å². The first-order chi connectivity index (χ1) is 34.8. The highest BCUT2D eigenvalue weighted by Crippen LogP contribution is 2.75. The van der Waals surface area contributed by atoms with Crippen LogP contribution in [0.15, 0.2) is 23.3 Å². The van der Waals surface area contributed by atoms with Crippen LogP contribution in [0.4, 0.5) is 0 Å². The predicted molar refractivity (Wildman–Crippen MR) is 255 cm³/mol. The smallest absolute Gasteiger partial charge is 0.314 e. The summed E-state index contributed by atoms with van der Waals surface area (Å²) in [6, 6.07) is 0. The Hall–Kier alpha value is -2.10. The molecule has 26 unspecified atom stereocenters. The average molecular weight is 1060 g/mol.